The fraction of sp³-hybridized carbons (Fsp3) is 0.364. The molecule has 0 saturated carbocycles. The van der Waals surface area contributed by atoms with Crippen LogP contribution in [0.15, 0.2) is 30.3 Å². The zero-order valence-corrected chi connectivity index (χ0v) is 15.8. The van der Waals surface area contributed by atoms with Gasteiger partial charge in [0.1, 0.15) is 11.6 Å². The van der Waals surface area contributed by atoms with Crippen LogP contribution >= 0.6 is 0 Å². The Labute approximate surface area is 166 Å². The number of benzene rings is 2. The highest BCUT2D eigenvalue weighted by atomic mass is 19.2. The van der Waals surface area contributed by atoms with Crippen molar-refractivity contribution in [3.05, 3.63) is 70.3 Å². The minimum Gasteiger partial charge on any atom is -0.385 e. The van der Waals surface area contributed by atoms with E-state index in [4.69, 9.17) is 14.2 Å². The Morgan fingerprint density at radius 1 is 0.931 bits per heavy atom. The third kappa shape index (κ3) is 5.57. The minimum atomic E-state index is -1.08. The van der Waals surface area contributed by atoms with E-state index in [1.807, 2.05) is 0 Å². The molecular weight excluding hydrogens is 388 g/mol. The van der Waals surface area contributed by atoms with E-state index in [1.54, 1.807) is 7.11 Å². The molecule has 1 aliphatic heterocycles. The monoisotopic (exact) mass is 408 g/mol. The van der Waals surface area contributed by atoms with Crippen LogP contribution in [0.4, 0.5) is 17.6 Å². The van der Waals surface area contributed by atoms with Gasteiger partial charge in [-0.2, -0.15) is 0 Å². The van der Waals surface area contributed by atoms with Crippen molar-refractivity contribution >= 4 is 0 Å². The summed E-state index contributed by atoms with van der Waals surface area (Å²) in [5, 5.41) is 0. The van der Waals surface area contributed by atoms with Gasteiger partial charge in [-0.1, -0.05) is 11.8 Å². The highest BCUT2D eigenvalue weighted by molar-refractivity contribution is 5.45. The molecular formula is C22H20F4O3. The maximum absolute atomic E-state index is 14.4. The first kappa shape index (κ1) is 21.3. The standard InChI is InChI=1S/C22H20F4O3/c1-27-8-2-3-15-12-28-22(29-13-15)16-10-19(24)17(20(25)11-16)6-4-14-5-7-18(23)21(26)9-14/h5,7,9-11,15,22H,2-3,8,12-13H2,1H3. The lowest BCUT2D eigenvalue weighted by Gasteiger charge is -2.29. The topological polar surface area (TPSA) is 27.7 Å². The van der Waals surface area contributed by atoms with Crippen molar-refractivity contribution in [2.75, 3.05) is 26.9 Å². The van der Waals surface area contributed by atoms with Gasteiger partial charge in [-0.25, -0.2) is 17.6 Å². The van der Waals surface area contributed by atoms with Crippen molar-refractivity contribution in [3.8, 4) is 11.8 Å². The molecule has 0 amide bonds. The van der Waals surface area contributed by atoms with Crippen LogP contribution in [-0.2, 0) is 14.2 Å². The molecule has 0 aromatic heterocycles. The van der Waals surface area contributed by atoms with E-state index in [2.05, 4.69) is 11.8 Å². The van der Waals surface area contributed by atoms with E-state index in [0.29, 0.717) is 19.8 Å². The molecule has 0 aliphatic carbocycles. The normalized spacial score (nSPS) is 18.9. The first-order chi connectivity index (χ1) is 14.0. The Kier molecular flexibility index (Phi) is 7.26. The van der Waals surface area contributed by atoms with Crippen molar-refractivity contribution in [2.45, 2.75) is 19.1 Å². The summed E-state index contributed by atoms with van der Waals surface area (Å²) in [5.41, 5.74) is -0.148. The molecule has 0 bridgehead atoms. The highest BCUT2D eigenvalue weighted by Crippen LogP contribution is 2.29. The maximum atomic E-state index is 14.4. The van der Waals surface area contributed by atoms with Crippen molar-refractivity contribution in [1.29, 1.82) is 0 Å². The predicted molar refractivity (Wildman–Crippen MR) is 97.9 cm³/mol. The molecule has 2 aromatic carbocycles. The van der Waals surface area contributed by atoms with Gasteiger partial charge in [-0.05, 0) is 43.2 Å². The number of hydrogen-bond donors (Lipinski definition) is 0. The molecule has 0 radical (unpaired) electrons. The van der Waals surface area contributed by atoms with Gasteiger partial charge in [0.05, 0.1) is 18.8 Å². The summed E-state index contributed by atoms with van der Waals surface area (Å²) in [4.78, 5) is 0. The fourth-order valence-electron chi connectivity index (χ4n) is 2.98. The Bertz CT molecular complexity index is 889. The summed E-state index contributed by atoms with van der Waals surface area (Å²) in [7, 11) is 1.64. The van der Waals surface area contributed by atoms with E-state index in [-0.39, 0.29) is 17.0 Å². The molecule has 1 heterocycles. The molecule has 7 heteroatoms. The van der Waals surface area contributed by atoms with Crippen LogP contribution in [0.5, 0.6) is 0 Å². The molecule has 0 N–H and O–H groups in total. The van der Waals surface area contributed by atoms with Crippen LogP contribution in [0, 0.1) is 41.0 Å². The van der Waals surface area contributed by atoms with Crippen LogP contribution in [-0.4, -0.2) is 26.9 Å². The molecule has 3 nitrogen and oxygen atoms in total. The van der Waals surface area contributed by atoms with Crippen LogP contribution in [0.2, 0.25) is 0 Å². The quantitative estimate of drug-likeness (QED) is 0.407. The molecule has 3 rings (SSSR count). The van der Waals surface area contributed by atoms with Crippen molar-refractivity contribution in [1.82, 2.24) is 0 Å². The molecule has 0 spiro atoms. The summed E-state index contributed by atoms with van der Waals surface area (Å²) >= 11 is 0. The van der Waals surface area contributed by atoms with Gasteiger partial charge in [-0.15, -0.1) is 0 Å². The van der Waals surface area contributed by atoms with Crippen molar-refractivity contribution < 1.29 is 31.8 Å². The second-order valence-electron chi connectivity index (χ2n) is 6.74. The number of halogens is 4. The molecule has 29 heavy (non-hydrogen) atoms. The van der Waals surface area contributed by atoms with Crippen LogP contribution in [0.25, 0.3) is 0 Å². The predicted octanol–water partition coefficient (Wildman–Crippen LogP) is 4.73. The van der Waals surface area contributed by atoms with Crippen molar-refractivity contribution in [2.24, 2.45) is 5.92 Å². The third-order valence-electron chi connectivity index (χ3n) is 4.52. The Morgan fingerprint density at radius 2 is 1.62 bits per heavy atom. The number of rotatable bonds is 5. The van der Waals surface area contributed by atoms with E-state index in [0.717, 1.165) is 37.1 Å². The zero-order chi connectivity index (χ0) is 20.8. The van der Waals surface area contributed by atoms with Crippen LogP contribution in [0.1, 0.15) is 35.8 Å². The van der Waals surface area contributed by atoms with Gasteiger partial charge in [0, 0.05) is 30.8 Å². The fourth-order valence-corrected chi connectivity index (χ4v) is 2.98. The van der Waals surface area contributed by atoms with Gasteiger partial charge >= 0.3 is 0 Å². The summed E-state index contributed by atoms with van der Waals surface area (Å²) in [5.74, 6) is 1.09. The second kappa shape index (κ2) is 9.88. The Hall–Kier alpha value is -2.40. The van der Waals surface area contributed by atoms with Gasteiger partial charge < -0.3 is 14.2 Å². The second-order valence-corrected chi connectivity index (χ2v) is 6.74. The lowest BCUT2D eigenvalue weighted by Crippen LogP contribution is -2.27. The molecule has 0 atom stereocenters. The molecule has 1 saturated heterocycles. The molecule has 1 aliphatic rings. The van der Waals surface area contributed by atoms with E-state index < -0.39 is 35.1 Å². The Morgan fingerprint density at radius 3 is 2.24 bits per heavy atom. The molecule has 1 fully saturated rings. The summed E-state index contributed by atoms with van der Waals surface area (Å²) < 4.78 is 71.1. The summed E-state index contributed by atoms with van der Waals surface area (Å²) in [6.07, 6.45) is 0.903. The number of ether oxygens (including phenoxy) is 3. The lowest BCUT2D eigenvalue weighted by molar-refractivity contribution is -0.206. The van der Waals surface area contributed by atoms with Gasteiger partial charge in [0.2, 0.25) is 0 Å². The first-order valence-electron chi connectivity index (χ1n) is 9.16. The van der Waals surface area contributed by atoms with Crippen LogP contribution in [0.3, 0.4) is 0 Å². The van der Waals surface area contributed by atoms with Crippen LogP contribution < -0.4 is 0 Å². The third-order valence-corrected chi connectivity index (χ3v) is 4.52. The highest BCUT2D eigenvalue weighted by Gasteiger charge is 2.25. The minimum absolute atomic E-state index is 0.102. The van der Waals surface area contributed by atoms with Gasteiger partial charge in [0.25, 0.3) is 0 Å². The largest absolute Gasteiger partial charge is 0.385 e. The van der Waals surface area contributed by atoms with E-state index in [1.165, 1.54) is 6.07 Å². The first-order valence-corrected chi connectivity index (χ1v) is 9.16. The molecule has 154 valence electrons. The Balaban J connectivity index is 1.69. The van der Waals surface area contributed by atoms with Crippen molar-refractivity contribution in [3.63, 3.8) is 0 Å². The average molecular weight is 408 g/mol. The SMILES string of the molecule is COCCCC1COC(c2cc(F)c(C#Cc3ccc(F)c(F)c3)c(F)c2)OC1. The zero-order valence-electron chi connectivity index (χ0n) is 15.8. The van der Waals surface area contributed by atoms with Gasteiger partial charge in [0.15, 0.2) is 17.9 Å². The maximum Gasteiger partial charge on any atom is 0.184 e. The van der Waals surface area contributed by atoms with E-state index >= 15 is 0 Å². The number of methoxy groups -OCH3 is 1. The molecule has 0 unspecified atom stereocenters. The summed E-state index contributed by atoms with van der Waals surface area (Å²) in [6.45, 7) is 1.51. The summed E-state index contributed by atoms with van der Waals surface area (Å²) in [6, 6.07) is 5.19. The molecule has 2 aromatic rings. The van der Waals surface area contributed by atoms with E-state index in [9.17, 15) is 17.6 Å². The number of hydrogen-bond acceptors (Lipinski definition) is 3. The van der Waals surface area contributed by atoms with Gasteiger partial charge in [-0.3, -0.25) is 0 Å². The lowest BCUT2D eigenvalue weighted by atomic mass is 10.0. The average Bonchev–Trinajstić information content (AvgIpc) is 2.70. The smallest absolute Gasteiger partial charge is 0.184 e.